The zero-order chi connectivity index (χ0) is 37.5. The van der Waals surface area contributed by atoms with Crippen LogP contribution >= 0.6 is 0 Å². The van der Waals surface area contributed by atoms with Crippen molar-refractivity contribution < 1.29 is 4.42 Å². The average Bonchev–Trinajstić information content (AvgIpc) is 3.92. The number of nitrogens with zero attached hydrogens (tertiary/aromatic N) is 1. The van der Waals surface area contributed by atoms with Crippen molar-refractivity contribution in [1.29, 1.82) is 0 Å². The predicted molar refractivity (Wildman–Crippen MR) is 236 cm³/mol. The van der Waals surface area contributed by atoms with Gasteiger partial charge >= 0.3 is 0 Å². The predicted octanol–water partition coefficient (Wildman–Crippen LogP) is 14.7. The second kappa shape index (κ2) is 12.3. The molecule has 9 aromatic carbocycles. The molecule has 2 aliphatic rings. The number of furan rings is 1. The molecule has 57 heavy (non-hydrogen) atoms. The van der Waals surface area contributed by atoms with Gasteiger partial charge in [-0.15, -0.1) is 0 Å². The van der Waals surface area contributed by atoms with Crippen molar-refractivity contribution in [2.75, 3.05) is 4.90 Å². The Morgan fingerprint density at radius 1 is 0.333 bits per heavy atom. The van der Waals surface area contributed by atoms with E-state index < -0.39 is 5.41 Å². The molecule has 0 saturated carbocycles. The first-order valence-corrected chi connectivity index (χ1v) is 19.7. The lowest BCUT2D eigenvalue weighted by Gasteiger charge is -2.32. The monoisotopic (exact) mass is 725 g/mol. The van der Waals surface area contributed by atoms with Gasteiger partial charge in [0.2, 0.25) is 0 Å². The topological polar surface area (TPSA) is 16.4 Å². The van der Waals surface area contributed by atoms with Gasteiger partial charge in [-0.2, -0.15) is 0 Å². The molecule has 12 rings (SSSR count). The third-order valence-corrected chi connectivity index (χ3v) is 12.3. The SMILES string of the molecule is c1ccc(-c2ccc(-c3ccc(N(c4ccc5c(c4)C4(c6ccccc6-c6ccccc64)c4ccccc4-5)c4cccc5c4oc4ccccc45)cc3)cc2)cc1. The molecule has 0 fully saturated rings. The molecule has 266 valence electrons. The van der Waals surface area contributed by atoms with E-state index in [2.05, 4.69) is 211 Å². The van der Waals surface area contributed by atoms with E-state index in [-0.39, 0.29) is 0 Å². The molecule has 10 aromatic rings. The molecule has 0 radical (unpaired) electrons. The van der Waals surface area contributed by atoms with Crippen molar-refractivity contribution in [3.63, 3.8) is 0 Å². The van der Waals surface area contributed by atoms with Crippen LogP contribution in [0.3, 0.4) is 0 Å². The van der Waals surface area contributed by atoms with Crippen molar-refractivity contribution in [2.45, 2.75) is 5.41 Å². The highest BCUT2D eigenvalue weighted by Gasteiger charge is 2.51. The number of anilines is 3. The van der Waals surface area contributed by atoms with E-state index in [4.69, 9.17) is 4.42 Å². The molecule has 0 atom stereocenters. The third kappa shape index (κ3) is 4.59. The van der Waals surface area contributed by atoms with E-state index in [1.54, 1.807) is 0 Å². The number of para-hydroxylation sites is 2. The summed E-state index contributed by atoms with van der Waals surface area (Å²) >= 11 is 0. The molecule has 0 aliphatic heterocycles. The Balaban J connectivity index is 1.06. The maximum atomic E-state index is 6.74. The fraction of sp³-hybridized carbons (Fsp3) is 0.0182. The zero-order valence-electron chi connectivity index (χ0n) is 31.1. The Labute approximate surface area is 331 Å². The minimum absolute atomic E-state index is 0.443. The van der Waals surface area contributed by atoms with Gasteiger partial charge in [0, 0.05) is 22.1 Å². The molecule has 2 heteroatoms. The highest BCUT2D eigenvalue weighted by atomic mass is 16.3. The molecular formula is C55H35NO. The second-order valence-corrected chi connectivity index (χ2v) is 15.2. The molecule has 0 saturated heterocycles. The molecule has 0 unspecified atom stereocenters. The largest absolute Gasteiger partial charge is 0.454 e. The summed E-state index contributed by atoms with van der Waals surface area (Å²) in [5.74, 6) is 0. The summed E-state index contributed by atoms with van der Waals surface area (Å²) in [7, 11) is 0. The van der Waals surface area contributed by atoms with Gasteiger partial charge in [0.25, 0.3) is 0 Å². The molecular weight excluding hydrogens is 691 g/mol. The number of hydrogen-bond acceptors (Lipinski definition) is 2. The number of fused-ring (bicyclic) bond motifs is 13. The van der Waals surface area contributed by atoms with Gasteiger partial charge in [0.1, 0.15) is 5.58 Å². The Kier molecular flexibility index (Phi) is 6.88. The summed E-state index contributed by atoms with van der Waals surface area (Å²) in [4.78, 5) is 2.39. The first kappa shape index (κ1) is 31.9. The quantitative estimate of drug-likeness (QED) is 0.176. The lowest BCUT2D eigenvalue weighted by atomic mass is 9.70. The Morgan fingerprint density at radius 3 is 1.44 bits per heavy atom. The van der Waals surface area contributed by atoms with Gasteiger partial charge < -0.3 is 9.32 Å². The van der Waals surface area contributed by atoms with Crippen molar-refractivity contribution in [3.8, 4) is 44.5 Å². The summed E-state index contributed by atoms with van der Waals surface area (Å²) in [6.07, 6.45) is 0. The van der Waals surface area contributed by atoms with E-state index in [1.807, 2.05) is 6.07 Å². The molecule has 1 aromatic heterocycles. The standard InChI is InChI=1S/C55H35NO/c1-2-13-36(14-3-1)37-25-27-38(28-26-37)39-29-31-40(32-30-39)56(52-23-12-19-47-46-18-7-11-24-53(46)57-54(47)52)41-33-34-45-44-17-6-10-22-50(44)55(51(45)35-41)48-20-8-4-15-42(48)43-16-5-9-21-49(43)55/h1-35H. The molecule has 1 spiro atoms. The van der Waals surface area contributed by atoms with Crippen molar-refractivity contribution in [2.24, 2.45) is 0 Å². The lowest BCUT2D eigenvalue weighted by molar-refractivity contribution is 0.669. The van der Waals surface area contributed by atoms with E-state index in [0.29, 0.717) is 0 Å². The fourth-order valence-corrected chi connectivity index (χ4v) is 9.85. The van der Waals surface area contributed by atoms with Gasteiger partial charge in [-0.25, -0.2) is 0 Å². The van der Waals surface area contributed by atoms with Crippen LogP contribution in [0.2, 0.25) is 0 Å². The Bertz CT molecular complexity index is 3110. The van der Waals surface area contributed by atoms with Crippen molar-refractivity contribution in [1.82, 2.24) is 0 Å². The van der Waals surface area contributed by atoms with Gasteiger partial charge in [0.15, 0.2) is 5.58 Å². The fourth-order valence-electron chi connectivity index (χ4n) is 9.85. The Hall–Kier alpha value is -7.42. The molecule has 0 N–H and O–H groups in total. The summed E-state index contributed by atoms with van der Waals surface area (Å²) in [6.45, 7) is 0. The maximum Gasteiger partial charge on any atom is 0.159 e. The summed E-state index contributed by atoms with van der Waals surface area (Å²) < 4.78 is 6.74. The highest BCUT2D eigenvalue weighted by Crippen LogP contribution is 2.63. The van der Waals surface area contributed by atoms with Crippen LogP contribution in [0.4, 0.5) is 17.1 Å². The van der Waals surface area contributed by atoms with Crippen LogP contribution in [-0.4, -0.2) is 0 Å². The van der Waals surface area contributed by atoms with Crippen LogP contribution in [0.5, 0.6) is 0 Å². The number of rotatable bonds is 5. The first-order valence-electron chi connectivity index (χ1n) is 19.7. The minimum atomic E-state index is -0.443. The van der Waals surface area contributed by atoms with Crippen LogP contribution in [0.1, 0.15) is 22.3 Å². The van der Waals surface area contributed by atoms with Crippen LogP contribution in [0.25, 0.3) is 66.4 Å². The third-order valence-electron chi connectivity index (χ3n) is 12.3. The molecule has 0 bridgehead atoms. The van der Waals surface area contributed by atoms with Crippen LogP contribution in [0.15, 0.2) is 217 Å². The summed E-state index contributed by atoms with van der Waals surface area (Å²) in [5, 5.41) is 2.22. The molecule has 2 aliphatic carbocycles. The highest BCUT2D eigenvalue weighted by molar-refractivity contribution is 6.10. The molecule has 2 nitrogen and oxygen atoms in total. The number of hydrogen-bond donors (Lipinski definition) is 0. The van der Waals surface area contributed by atoms with Crippen molar-refractivity contribution >= 4 is 39.0 Å². The second-order valence-electron chi connectivity index (χ2n) is 15.2. The van der Waals surface area contributed by atoms with Crippen LogP contribution in [0, 0.1) is 0 Å². The first-order chi connectivity index (χ1) is 28.3. The molecule has 0 amide bonds. The maximum absolute atomic E-state index is 6.74. The normalized spacial score (nSPS) is 13.1. The average molecular weight is 726 g/mol. The summed E-state index contributed by atoms with van der Waals surface area (Å²) in [5.41, 5.74) is 19.7. The Morgan fingerprint density at radius 2 is 0.807 bits per heavy atom. The van der Waals surface area contributed by atoms with E-state index in [0.717, 1.165) is 39.0 Å². The zero-order valence-corrected chi connectivity index (χ0v) is 31.1. The number of benzene rings is 9. The van der Waals surface area contributed by atoms with Crippen molar-refractivity contribution in [3.05, 3.63) is 235 Å². The van der Waals surface area contributed by atoms with E-state index in [1.165, 1.54) is 66.8 Å². The van der Waals surface area contributed by atoms with E-state index >= 15 is 0 Å². The molecule has 1 heterocycles. The van der Waals surface area contributed by atoms with Gasteiger partial charge in [-0.3, -0.25) is 0 Å². The minimum Gasteiger partial charge on any atom is -0.454 e. The van der Waals surface area contributed by atoms with E-state index in [9.17, 15) is 0 Å². The van der Waals surface area contributed by atoms with Gasteiger partial charge in [-0.1, -0.05) is 176 Å². The van der Waals surface area contributed by atoms with Gasteiger partial charge in [-0.05, 0) is 103 Å². The lowest BCUT2D eigenvalue weighted by Crippen LogP contribution is -2.26. The van der Waals surface area contributed by atoms with Crippen LogP contribution < -0.4 is 4.90 Å². The smallest absolute Gasteiger partial charge is 0.159 e. The van der Waals surface area contributed by atoms with Crippen LogP contribution in [-0.2, 0) is 5.41 Å². The van der Waals surface area contributed by atoms with Gasteiger partial charge in [0.05, 0.1) is 11.1 Å². The summed E-state index contributed by atoms with van der Waals surface area (Å²) in [6, 6.07) is 77.4.